The van der Waals surface area contributed by atoms with Gasteiger partial charge in [0, 0.05) is 4.90 Å². The largest absolute Gasteiger partial charge is 0.478 e. The summed E-state index contributed by atoms with van der Waals surface area (Å²) in [6.07, 6.45) is 0.939. The molecule has 0 amide bonds. The van der Waals surface area contributed by atoms with E-state index < -0.39 is 5.97 Å². The molecule has 0 radical (unpaired) electrons. The van der Waals surface area contributed by atoms with Crippen LogP contribution in [0.1, 0.15) is 16.8 Å². The molecule has 0 heterocycles. The lowest BCUT2D eigenvalue weighted by atomic mass is 10.2. The van der Waals surface area contributed by atoms with Gasteiger partial charge in [-0.3, -0.25) is 0 Å². The van der Waals surface area contributed by atoms with E-state index in [1.54, 1.807) is 0 Å². The standard InChI is InChI=1S/C12H16FNO2S/c1-14(2)6-3-7-17-11-8-9(12(15)16)4-5-10(11)13/h4-5,8H,3,6-7H2,1-2H3,(H,15,16). The SMILES string of the molecule is CN(C)CCCSc1cc(C(=O)O)ccc1F. The average Bonchev–Trinajstić information content (AvgIpc) is 2.25. The van der Waals surface area contributed by atoms with Crippen molar-refractivity contribution in [3.63, 3.8) is 0 Å². The van der Waals surface area contributed by atoms with E-state index in [1.807, 2.05) is 14.1 Å². The highest BCUT2D eigenvalue weighted by Gasteiger charge is 2.08. The van der Waals surface area contributed by atoms with E-state index in [0.29, 0.717) is 4.90 Å². The Kier molecular flexibility index (Phi) is 5.44. The molecule has 0 aliphatic carbocycles. The Morgan fingerprint density at radius 2 is 2.18 bits per heavy atom. The van der Waals surface area contributed by atoms with Gasteiger partial charge in [-0.1, -0.05) is 0 Å². The number of aromatic carboxylic acids is 1. The third-order valence-corrected chi connectivity index (χ3v) is 3.30. The fraction of sp³-hybridized carbons (Fsp3) is 0.417. The molecule has 94 valence electrons. The molecule has 1 aromatic rings. The van der Waals surface area contributed by atoms with Gasteiger partial charge < -0.3 is 10.0 Å². The van der Waals surface area contributed by atoms with Gasteiger partial charge in [0.1, 0.15) is 5.82 Å². The monoisotopic (exact) mass is 257 g/mol. The number of hydrogen-bond donors (Lipinski definition) is 1. The molecule has 0 atom stereocenters. The molecule has 1 rings (SSSR count). The molecule has 0 aliphatic heterocycles. The molecule has 1 N–H and O–H groups in total. The van der Waals surface area contributed by atoms with E-state index in [-0.39, 0.29) is 11.4 Å². The average molecular weight is 257 g/mol. The zero-order valence-corrected chi connectivity index (χ0v) is 10.8. The number of carbonyl (C=O) groups is 1. The molecule has 0 saturated heterocycles. The van der Waals surface area contributed by atoms with Gasteiger partial charge in [0.05, 0.1) is 5.56 Å². The lowest BCUT2D eigenvalue weighted by molar-refractivity contribution is 0.0696. The third-order valence-electron chi connectivity index (χ3n) is 2.19. The molecular weight excluding hydrogens is 241 g/mol. The summed E-state index contributed by atoms with van der Waals surface area (Å²) in [6, 6.07) is 3.87. The smallest absolute Gasteiger partial charge is 0.335 e. The van der Waals surface area contributed by atoms with Gasteiger partial charge in [-0.2, -0.15) is 0 Å². The highest BCUT2D eigenvalue weighted by molar-refractivity contribution is 7.99. The number of carboxylic acids is 1. The molecule has 1 aromatic carbocycles. The molecular formula is C12H16FNO2S. The zero-order chi connectivity index (χ0) is 12.8. The Morgan fingerprint density at radius 3 is 2.76 bits per heavy atom. The second-order valence-corrected chi connectivity index (χ2v) is 5.09. The quantitative estimate of drug-likeness (QED) is 0.628. The van der Waals surface area contributed by atoms with Crippen LogP contribution in [0, 0.1) is 5.82 Å². The number of hydrogen-bond acceptors (Lipinski definition) is 3. The van der Waals surface area contributed by atoms with Crippen LogP contribution in [0.5, 0.6) is 0 Å². The predicted octanol–water partition coefficient (Wildman–Crippen LogP) is 2.57. The maximum absolute atomic E-state index is 13.4. The van der Waals surface area contributed by atoms with Crippen LogP contribution in [0.25, 0.3) is 0 Å². The molecule has 3 nitrogen and oxygen atoms in total. The fourth-order valence-electron chi connectivity index (χ4n) is 1.31. The van der Waals surface area contributed by atoms with E-state index in [9.17, 15) is 9.18 Å². The lowest BCUT2D eigenvalue weighted by Gasteiger charge is -2.09. The van der Waals surface area contributed by atoms with E-state index in [0.717, 1.165) is 18.7 Å². The first-order valence-electron chi connectivity index (χ1n) is 5.31. The number of thioether (sulfide) groups is 1. The molecule has 5 heteroatoms. The first-order chi connectivity index (χ1) is 8.00. The van der Waals surface area contributed by atoms with Crippen LogP contribution in [0.4, 0.5) is 4.39 Å². The topological polar surface area (TPSA) is 40.5 Å². The zero-order valence-electron chi connectivity index (χ0n) is 9.94. The van der Waals surface area contributed by atoms with E-state index in [1.165, 1.54) is 30.0 Å². The van der Waals surface area contributed by atoms with Crippen LogP contribution in [0.15, 0.2) is 23.1 Å². The van der Waals surface area contributed by atoms with Crippen molar-refractivity contribution in [2.75, 3.05) is 26.4 Å². The van der Waals surface area contributed by atoms with Crippen molar-refractivity contribution in [1.82, 2.24) is 4.90 Å². The van der Waals surface area contributed by atoms with Crippen molar-refractivity contribution in [3.05, 3.63) is 29.6 Å². The van der Waals surface area contributed by atoms with Crippen LogP contribution >= 0.6 is 11.8 Å². The molecule has 0 fully saturated rings. The molecule has 0 spiro atoms. The van der Waals surface area contributed by atoms with E-state index >= 15 is 0 Å². The predicted molar refractivity (Wildman–Crippen MR) is 67.3 cm³/mol. The number of carboxylic acid groups (broad SMARTS) is 1. The summed E-state index contributed by atoms with van der Waals surface area (Å²) < 4.78 is 13.4. The van der Waals surface area contributed by atoms with Crippen molar-refractivity contribution >= 4 is 17.7 Å². The Balaban J connectivity index is 2.57. The molecule has 0 aromatic heterocycles. The summed E-state index contributed by atoms with van der Waals surface area (Å²) in [7, 11) is 3.96. The maximum atomic E-state index is 13.4. The van der Waals surface area contributed by atoms with Crippen molar-refractivity contribution in [2.24, 2.45) is 0 Å². The summed E-state index contributed by atoms with van der Waals surface area (Å²) in [6.45, 7) is 0.938. The highest BCUT2D eigenvalue weighted by atomic mass is 32.2. The Bertz CT molecular complexity index is 396. The van der Waals surface area contributed by atoms with E-state index in [4.69, 9.17) is 5.11 Å². The fourth-order valence-corrected chi connectivity index (χ4v) is 2.22. The second kappa shape index (κ2) is 6.61. The number of benzene rings is 1. The van der Waals surface area contributed by atoms with Crippen LogP contribution in [-0.2, 0) is 0 Å². The van der Waals surface area contributed by atoms with Crippen molar-refractivity contribution in [2.45, 2.75) is 11.3 Å². The highest BCUT2D eigenvalue weighted by Crippen LogP contribution is 2.23. The van der Waals surface area contributed by atoms with Gasteiger partial charge in [-0.05, 0) is 51.0 Å². The summed E-state index contributed by atoms with van der Waals surface area (Å²) in [4.78, 5) is 13.2. The summed E-state index contributed by atoms with van der Waals surface area (Å²) in [5, 5.41) is 8.81. The summed E-state index contributed by atoms with van der Waals surface area (Å²) in [5.74, 6) is -0.608. The normalized spacial score (nSPS) is 10.8. The van der Waals surface area contributed by atoms with Crippen LogP contribution in [0.2, 0.25) is 0 Å². The minimum Gasteiger partial charge on any atom is -0.478 e. The minimum atomic E-state index is -1.03. The Morgan fingerprint density at radius 1 is 1.47 bits per heavy atom. The first-order valence-corrected chi connectivity index (χ1v) is 6.29. The van der Waals surface area contributed by atoms with Crippen molar-refractivity contribution < 1.29 is 14.3 Å². The summed E-state index contributed by atoms with van der Waals surface area (Å²) in [5.41, 5.74) is 0.126. The van der Waals surface area contributed by atoms with Gasteiger partial charge in [-0.15, -0.1) is 11.8 Å². The van der Waals surface area contributed by atoms with Gasteiger partial charge in [0.15, 0.2) is 0 Å². The molecule has 17 heavy (non-hydrogen) atoms. The Labute approximate surface area is 105 Å². The van der Waals surface area contributed by atoms with Crippen molar-refractivity contribution in [1.29, 1.82) is 0 Å². The van der Waals surface area contributed by atoms with E-state index in [2.05, 4.69) is 4.90 Å². The molecule has 0 unspecified atom stereocenters. The van der Waals surface area contributed by atoms with Crippen LogP contribution in [-0.4, -0.2) is 42.4 Å². The van der Waals surface area contributed by atoms with Gasteiger partial charge in [0.2, 0.25) is 0 Å². The van der Waals surface area contributed by atoms with Crippen LogP contribution < -0.4 is 0 Å². The molecule has 0 aliphatic rings. The number of halogens is 1. The first kappa shape index (κ1) is 14.0. The Hall–Kier alpha value is -1.07. The third kappa shape index (κ3) is 4.75. The second-order valence-electron chi connectivity index (χ2n) is 3.96. The van der Waals surface area contributed by atoms with Crippen molar-refractivity contribution in [3.8, 4) is 0 Å². The maximum Gasteiger partial charge on any atom is 0.335 e. The molecule has 0 bridgehead atoms. The summed E-state index contributed by atoms with van der Waals surface area (Å²) >= 11 is 1.36. The molecule has 0 saturated carbocycles. The van der Waals surface area contributed by atoms with Gasteiger partial charge in [0.25, 0.3) is 0 Å². The number of rotatable bonds is 6. The lowest BCUT2D eigenvalue weighted by Crippen LogP contribution is -2.13. The van der Waals surface area contributed by atoms with Gasteiger partial charge in [-0.25, -0.2) is 9.18 Å². The number of nitrogens with zero attached hydrogens (tertiary/aromatic N) is 1. The minimum absolute atomic E-state index is 0.126. The van der Waals surface area contributed by atoms with Crippen LogP contribution in [0.3, 0.4) is 0 Å². The van der Waals surface area contributed by atoms with Gasteiger partial charge >= 0.3 is 5.97 Å².